The summed E-state index contributed by atoms with van der Waals surface area (Å²) < 4.78 is 27.4. The fraction of sp³-hybridized carbons (Fsp3) is 0.438. The van der Waals surface area contributed by atoms with Crippen molar-refractivity contribution in [2.45, 2.75) is 23.6 Å². The molecule has 124 valence electrons. The van der Waals surface area contributed by atoms with E-state index < -0.39 is 10.0 Å². The van der Waals surface area contributed by atoms with E-state index in [1.165, 1.54) is 16.9 Å². The van der Waals surface area contributed by atoms with E-state index in [1.54, 1.807) is 23.7 Å². The van der Waals surface area contributed by atoms with Crippen LogP contribution in [0.15, 0.2) is 46.2 Å². The number of thiophene rings is 1. The zero-order chi connectivity index (χ0) is 16.1. The van der Waals surface area contributed by atoms with Crippen LogP contribution >= 0.6 is 11.3 Å². The number of sulfonamides is 1. The standard InChI is InChI=1S/C16H21N3O2S2/c20-23(21,16-4-2-10-22-16)18-12-14-5-8-19(9-6-14)13-15-3-1-7-17-11-15/h1-4,7,10-11,14,18H,5-6,8-9,12-13H2. The van der Waals surface area contributed by atoms with Crippen LogP contribution in [0, 0.1) is 5.92 Å². The van der Waals surface area contributed by atoms with Crippen molar-refractivity contribution in [3.63, 3.8) is 0 Å². The highest BCUT2D eigenvalue weighted by Gasteiger charge is 2.22. The van der Waals surface area contributed by atoms with Crippen molar-refractivity contribution in [3.05, 3.63) is 47.6 Å². The molecule has 1 saturated heterocycles. The van der Waals surface area contributed by atoms with Gasteiger partial charge in [-0.1, -0.05) is 12.1 Å². The highest BCUT2D eigenvalue weighted by Crippen LogP contribution is 2.20. The lowest BCUT2D eigenvalue weighted by Crippen LogP contribution is -2.38. The van der Waals surface area contributed by atoms with Crippen molar-refractivity contribution in [2.75, 3.05) is 19.6 Å². The molecule has 0 spiro atoms. The summed E-state index contributed by atoms with van der Waals surface area (Å²) in [4.78, 5) is 6.55. The van der Waals surface area contributed by atoms with Gasteiger partial charge in [0.05, 0.1) is 0 Å². The van der Waals surface area contributed by atoms with Crippen LogP contribution in [0.3, 0.4) is 0 Å². The van der Waals surface area contributed by atoms with Gasteiger partial charge in [-0.3, -0.25) is 9.88 Å². The number of nitrogens with zero attached hydrogens (tertiary/aromatic N) is 2. The molecule has 0 unspecified atom stereocenters. The van der Waals surface area contributed by atoms with Crippen LogP contribution in [-0.4, -0.2) is 37.9 Å². The van der Waals surface area contributed by atoms with E-state index >= 15 is 0 Å². The summed E-state index contributed by atoms with van der Waals surface area (Å²) in [5.41, 5.74) is 1.23. The third-order valence-corrected chi connectivity index (χ3v) is 6.98. The Morgan fingerprint density at radius 2 is 2.09 bits per heavy atom. The first kappa shape index (κ1) is 16.6. The van der Waals surface area contributed by atoms with Crippen molar-refractivity contribution >= 4 is 21.4 Å². The van der Waals surface area contributed by atoms with Crippen LogP contribution < -0.4 is 4.72 Å². The number of piperidine rings is 1. The third-order valence-electron chi connectivity index (χ3n) is 4.16. The molecule has 5 nitrogen and oxygen atoms in total. The van der Waals surface area contributed by atoms with E-state index in [4.69, 9.17) is 0 Å². The zero-order valence-electron chi connectivity index (χ0n) is 12.9. The Balaban J connectivity index is 1.44. The van der Waals surface area contributed by atoms with Gasteiger partial charge in [0.1, 0.15) is 4.21 Å². The number of aromatic nitrogens is 1. The lowest BCUT2D eigenvalue weighted by molar-refractivity contribution is 0.178. The Morgan fingerprint density at radius 3 is 2.74 bits per heavy atom. The first-order valence-corrected chi connectivity index (χ1v) is 10.1. The number of nitrogens with one attached hydrogen (secondary N) is 1. The topological polar surface area (TPSA) is 62.3 Å². The highest BCUT2D eigenvalue weighted by atomic mass is 32.2. The van der Waals surface area contributed by atoms with Crippen LogP contribution in [0.1, 0.15) is 18.4 Å². The van der Waals surface area contributed by atoms with E-state index in [2.05, 4.69) is 20.7 Å². The molecule has 2 aromatic heterocycles. The first-order chi connectivity index (χ1) is 11.1. The highest BCUT2D eigenvalue weighted by molar-refractivity contribution is 7.91. The first-order valence-electron chi connectivity index (χ1n) is 7.78. The maximum Gasteiger partial charge on any atom is 0.250 e. The number of pyridine rings is 1. The lowest BCUT2D eigenvalue weighted by atomic mass is 9.97. The predicted octanol–water partition coefficient (Wildman–Crippen LogP) is 2.33. The van der Waals surface area contributed by atoms with Crippen LogP contribution in [0.4, 0.5) is 0 Å². The number of hydrogen-bond donors (Lipinski definition) is 1. The van der Waals surface area contributed by atoms with Crippen molar-refractivity contribution in [2.24, 2.45) is 5.92 Å². The van der Waals surface area contributed by atoms with Gasteiger partial charge >= 0.3 is 0 Å². The molecule has 3 heterocycles. The Morgan fingerprint density at radius 1 is 1.26 bits per heavy atom. The molecule has 2 aromatic rings. The average molecular weight is 351 g/mol. The summed E-state index contributed by atoms with van der Waals surface area (Å²) in [6.07, 6.45) is 5.73. The summed E-state index contributed by atoms with van der Waals surface area (Å²) in [7, 11) is -3.33. The Hall–Kier alpha value is -1.28. The van der Waals surface area contributed by atoms with E-state index in [9.17, 15) is 8.42 Å². The molecule has 1 fully saturated rings. The minimum absolute atomic E-state index is 0.395. The van der Waals surface area contributed by atoms with Crippen LogP contribution in [0.5, 0.6) is 0 Å². The van der Waals surface area contributed by atoms with E-state index in [0.717, 1.165) is 32.5 Å². The maximum absolute atomic E-state index is 12.1. The molecular weight excluding hydrogens is 330 g/mol. The van der Waals surface area contributed by atoms with Crippen LogP contribution in [0.25, 0.3) is 0 Å². The van der Waals surface area contributed by atoms with Crippen LogP contribution in [-0.2, 0) is 16.6 Å². The summed E-state index contributed by atoms with van der Waals surface area (Å²) >= 11 is 1.25. The summed E-state index contributed by atoms with van der Waals surface area (Å²) in [5, 5.41) is 1.78. The second-order valence-corrected chi connectivity index (χ2v) is 8.81. The number of likely N-dealkylation sites (tertiary alicyclic amines) is 1. The smallest absolute Gasteiger partial charge is 0.250 e. The molecule has 0 aromatic carbocycles. The lowest BCUT2D eigenvalue weighted by Gasteiger charge is -2.31. The van der Waals surface area contributed by atoms with Gasteiger partial charge in [0.25, 0.3) is 0 Å². The van der Waals surface area contributed by atoms with Gasteiger partial charge < -0.3 is 0 Å². The van der Waals surface area contributed by atoms with E-state index in [-0.39, 0.29) is 0 Å². The van der Waals surface area contributed by atoms with Gasteiger partial charge in [0.15, 0.2) is 0 Å². The average Bonchev–Trinajstić information content (AvgIpc) is 3.11. The van der Waals surface area contributed by atoms with Gasteiger partial charge in [-0.25, -0.2) is 13.1 Å². The predicted molar refractivity (Wildman–Crippen MR) is 91.7 cm³/mol. The minimum Gasteiger partial charge on any atom is -0.299 e. The third kappa shape index (κ3) is 4.60. The minimum atomic E-state index is -3.33. The maximum atomic E-state index is 12.1. The fourth-order valence-electron chi connectivity index (χ4n) is 2.81. The molecule has 0 saturated carbocycles. The van der Waals surface area contributed by atoms with Crippen molar-refractivity contribution in [1.82, 2.24) is 14.6 Å². The molecule has 1 N–H and O–H groups in total. The zero-order valence-corrected chi connectivity index (χ0v) is 14.5. The van der Waals surface area contributed by atoms with Crippen molar-refractivity contribution in [3.8, 4) is 0 Å². The summed E-state index contributed by atoms with van der Waals surface area (Å²) in [5.74, 6) is 0.412. The molecule has 0 bridgehead atoms. The molecule has 0 amide bonds. The van der Waals surface area contributed by atoms with Crippen molar-refractivity contribution in [1.29, 1.82) is 0 Å². The van der Waals surface area contributed by atoms with E-state index in [1.807, 2.05) is 12.3 Å². The molecule has 1 aliphatic heterocycles. The van der Waals surface area contributed by atoms with Gasteiger partial charge in [0, 0.05) is 25.5 Å². The second kappa shape index (κ2) is 7.53. The summed E-state index contributed by atoms with van der Waals surface area (Å²) in [6, 6.07) is 7.45. The van der Waals surface area contributed by atoms with Gasteiger partial charge in [-0.2, -0.15) is 0 Å². The molecule has 1 aliphatic rings. The molecule has 0 aliphatic carbocycles. The molecule has 0 radical (unpaired) electrons. The second-order valence-electron chi connectivity index (χ2n) is 5.86. The van der Waals surface area contributed by atoms with E-state index in [0.29, 0.717) is 16.7 Å². The Labute approximate surface area is 141 Å². The van der Waals surface area contributed by atoms with Gasteiger partial charge in [0.2, 0.25) is 10.0 Å². The molecule has 3 rings (SSSR count). The fourth-order valence-corrected chi connectivity index (χ4v) is 4.97. The quantitative estimate of drug-likeness (QED) is 0.868. The molecular formula is C16H21N3O2S2. The Kier molecular flexibility index (Phi) is 5.42. The van der Waals surface area contributed by atoms with Crippen LogP contribution in [0.2, 0.25) is 0 Å². The van der Waals surface area contributed by atoms with Crippen molar-refractivity contribution < 1.29 is 8.42 Å². The SMILES string of the molecule is O=S(=O)(NCC1CCN(Cc2cccnc2)CC1)c1cccs1. The largest absolute Gasteiger partial charge is 0.299 e. The molecule has 7 heteroatoms. The van der Waals surface area contributed by atoms with Gasteiger partial charge in [-0.15, -0.1) is 11.3 Å². The normalized spacial score (nSPS) is 17.4. The monoisotopic (exact) mass is 351 g/mol. The van der Waals surface area contributed by atoms with Gasteiger partial charge in [-0.05, 0) is 54.9 Å². The number of rotatable bonds is 6. The molecule has 23 heavy (non-hydrogen) atoms. The summed E-state index contributed by atoms with van der Waals surface area (Å²) in [6.45, 7) is 3.45. The molecule has 0 atom stereocenters. The number of hydrogen-bond acceptors (Lipinski definition) is 5. The Bertz CT molecular complexity index is 694.